The largest absolute Gasteiger partial charge is 0.497 e. The predicted molar refractivity (Wildman–Crippen MR) is 97.2 cm³/mol. The average molecular weight is 353 g/mol. The predicted octanol–water partition coefficient (Wildman–Crippen LogP) is 2.19. The molecule has 1 aromatic heterocycles. The van der Waals surface area contributed by atoms with Crippen molar-refractivity contribution in [2.24, 2.45) is 0 Å². The third kappa shape index (κ3) is 3.77. The number of aromatic nitrogens is 1. The van der Waals surface area contributed by atoms with E-state index in [1.54, 1.807) is 24.4 Å². The first kappa shape index (κ1) is 17.3. The molecule has 134 valence electrons. The van der Waals surface area contributed by atoms with Crippen LogP contribution in [0.15, 0.2) is 48.7 Å². The fourth-order valence-electron chi connectivity index (χ4n) is 2.63. The summed E-state index contributed by atoms with van der Waals surface area (Å²) < 4.78 is 10.3. The van der Waals surface area contributed by atoms with Crippen LogP contribution in [0.25, 0.3) is 10.9 Å². The Morgan fingerprint density at radius 3 is 2.38 bits per heavy atom. The molecular weight excluding hydrogens is 334 g/mol. The first-order chi connectivity index (χ1) is 12.6. The van der Waals surface area contributed by atoms with E-state index in [1.807, 2.05) is 24.3 Å². The summed E-state index contributed by atoms with van der Waals surface area (Å²) in [5.74, 6) is 0.187. The Morgan fingerprint density at radius 1 is 1.00 bits per heavy atom. The molecule has 0 aliphatic heterocycles. The molecule has 0 atom stereocenters. The molecule has 3 rings (SSSR count). The highest BCUT2D eigenvalue weighted by Crippen LogP contribution is 2.22. The van der Waals surface area contributed by atoms with Crippen LogP contribution in [-0.2, 0) is 11.2 Å². The fourth-order valence-corrected chi connectivity index (χ4v) is 2.63. The van der Waals surface area contributed by atoms with Gasteiger partial charge in [0.15, 0.2) is 0 Å². The molecule has 0 saturated heterocycles. The van der Waals surface area contributed by atoms with Crippen LogP contribution in [-0.4, -0.2) is 31.0 Å². The Balaban J connectivity index is 1.63. The van der Waals surface area contributed by atoms with Crippen molar-refractivity contribution in [1.82, 2.24) is 15.8 Å². The lowest BCUT2D eigenvalue weighted by atomic mass is 10.1. The zero-order valence-electron chi connectivity index (χ0n) is 14.5. The summed E-state index contributed by atoms with van der Waals surface area (Å²) in [5, 5.41) is 0.978. The maximum atomic E-state index is 12.3. The van der Waals surface area contributed by atoms with Crippen molar-refractivity contribution in [3.05, 3.63) is 59.8 Å². The van der Waals surface area contributed by atoms with Gasteiger partial charge in [0.1, 0.15) is 11.5 Å². The topological polar surface area (TPSA) is 92.4 Å². The van der Waals surface area contributed by atoms with Gasteiger partial charge in [-0.3, -0.25) is 20.4 Å². The van der Waals surface area contributed by atoms with E-state index >= 15 is 0 Å². The number of ether oxygens (including phenoxy) is 2. The Morgan fingerprint density at radius 2 is 1.69 bits per heavy atom. The summed E-state index contributed by atoms with van der Waals surface area (Å²) >= 11 is 0. The molecular formula is C19H19N3O4. The number of methoxy groups -OCH3 is 2. The quantitative estimate of drug-likeness (QED) is 0.613. The van der Waals surface area contributed by atoms with Crippen LogP contribution in [0.2, 0.25) is 0 Å². The van der Waals surface area contributed by atoms with Crippen LogP contribution in [0.4, 0.5) is 0 Å². The van der Waals surface area contributed by atoms with E-state index in [4.69, 9.17) is 9.47 Å². The summed E-state index contributed by atoms with van der Waals surface area (Å²) in [6, 6.07) is 12.5. The SMILES string of the molecule is COc1cc(OC)cc(C(=O)NNC(=O)Cc2c[nH]c3ccccc23)c1. The minimum absolute atomic E-state index is 0.145. The molecule has 0 radical (unpaired) electrons. The van der Waals surface area contributed by atoms with E-state index in [2.05, 4.69) is 15.8 Å². The highest BCUT2D eigenvalue weighted by Gasteiger charge is 2.12. The summed E-state index contributed by atoms with van der Waals surface area (Å²) in [4.78, 5) is 27.5. The van der Waals surface area contributed by atoms with E-state index in [-0.39, 0.29) is 12.3 Å². The molecule has 0 saturated carbocycles. The number of fused-ring (bicyclic) bond motifs is 1. The number of nitrogens with one attached hydrogen (secondary N) is 3. The van der Waals surface area contributed by atoms with Gasteiger partial charge in [-0.15, -0.1) is 0 Å². The molecule has 26 heavy (non-hydrogen) atoms. The molecule has 1 heterocycles. The maximum absolute atomic E-state index is 12.3. The second-order valence-electron chi connectivity index (χ2n) is 5.64. The average Bonchev–Trinajstić information content (AvgIpc) is 3.08. The lowest BCUT2D eigenvalue weighted by Crippen LogP contribution is -2.42. The number of carbonyl (C=O) groups is 2. The first-order valence-electron chi connectivity index (χ1n) is 7.98. The summed E-state index contributed by atoms with van der Waals surface area (Å²) in [6.45, 7) is 0. The van der Waals surface area contributed by atoms with Crippen molar-refractivity contribution in [1.29, 1.82) is 0 Å². The molecule has 7 heteroatoms. The molecule has 2 amide bonds. The van der Waals surface area contributed by atoms with Crippen molar-refractivity contribution < 1.29 is 19.1 Å². The number of hydrogen-bond donors (Lipinski definition) is 3. The Hall–Kier alpha value is -3.48. The minimum Gasteiger partial charge on any atom is -0.497 e. The van der Waals surface area contributed by atoms with Crippen molar-refractivity contribution in [3.8, 4) is 11.5 Å². The maximum Gasteiger partial charge on any atom is 0.269 e. The number of amides is 2. The smallest absolute Gasteiger partial charge is 0.269 e. The van der Waals surface area contributed by atoms with Gasteiger partial charge in [-0.05, 0) is 23.8 Å². The minimum atomic E-state index is -0.463. The molecule has 0 spiro atoms. The summed E-state index contributed by atoms with van der Waals surface area (Å²) in [7, 11) is 3.00. The van der Waals surface area contributed by atoms with Gasteiger partial charge in [-0.25, -0.2) is 0 Å². The van der Waals surface area contributed by atoms with E-state index in [0.717, 1.165) is 16.5 Å². The van der Waals surface area contributed by atoms with Crippen LogP contribution in [0.1, 0.15) is 15.9 Å². The number of hydrazine groups is 1. The number of benzene rings is 2. The molecule has 0 bridgehead atoms. The van der Waals surface area contributed by atoms with Crippen LogP contribution in [0.3, 0.4) is 0 Å². The van der Waals surface area contributed by atoms with Gasteiger partial charge in [0.05, 0.1) is 20.6 Å². The Bertz CT molecular complexity index is 927. The van der Waals surface area contributed by atoms with Crippen molar-refractivity contribution in [2.75, 3.05) is 14.2 Å². The number of rotatable bonds is 5. The number of carbonyl (C=O) groups excluding carboxylic acids is 2. The summed E-state index contributed by atoms with van der Waals surface area (Å²) in [5.41, 5.74) is 6.96. The number of para-hydroxylation sites is 1. The lowest BCUT2D eigenvalue weighted by molar-refractivity contribution is -0.121. The van der Waals surface area contributed by atoms with E-state index < -0.39 is 5.91 Å². The highest BCUT2D eigenvalue weighted by atomic mass is 16.5. The van der Waals surface area contributed by atoms with Gasteiger partial charge in [0, 0.05) is 28.7 Å². The van der Waals surface area contributed by atoms with Crippen molar-refractivity contribution >= 4 is 22.7 Å². The zero-order chi connectivity index (χ0) is 18.5. The van der Waals surface area contributed by atoms with Crippen LogP contribution < -0.4 is 20.3 Å². The lowest BCUT2D eigenvalue weighted by Gasteiger charge is -2.10. The van der Waals surface area contributed by atoms with E-state index in [1.165, 1.54) is 14.2 Å². The second kappa shape index (κ2) is 7.60. The van der Waals surface area contributed by atoms with Crippen molar-refractivity contribution in [3.63, 3.8) is 0 Å². The molecule has 0 fully saturated rings. The van der Waals surface area contributed by atoms with Gasteiger partial charge in [0.2, 0.25) is 5.91 Å². The van der Waals surface area contributed by atoms with E-state index in [0.29, 0.717) is 17.1 Å². The summed E-state index contributed by atoms with van der Waals surface area (Å²) in [6.07, 6.45) is 1.94. The van der Waals surface area contributed by atoms with Crippen LogP contribution >= 0.6 is 0 Å². The molecule has 0 unspecified atom stereocenters. The van der Waals surface area contributed by atoms with Gasteiger partial charge >= 0.3 is 0 Å². The molecule has 2 aromatic carbocycles. The molecule has 3 N–H and O–H groups in total. The Kier molecular flexibility index (Phi) is 5.07. The van der Waals surface area contributed by atoms with Gasteiger partial charge < -0.3 is 14.5 Å². The second-order valence-corrected chi connectivity index (χ2v) is 5.64. The zero-order valence-corrected chi connectivity index (χ0v) is 14.5. The molecule has 0 aliphatic rings. The van der Waals surface area contributed by atoms with Gasteiger partial charge in [-0.2, -0.15) is 0 Å². The van der Waals surface area contributed by atoms with Crippen LogP contribution in [0, 0.1) is 0 Å². The molecule has 0 aliphatic carbocycles. The third-order valence-electron chi connectivity index (χ3n) is 3.96. The number of aromatic amines is 1. The number of hydrogen-bond acceptors (Lipinski definition) is 4. The van der Waals surface area contributed by atoms with Gasteiger partial charge in [-0.1, -0.05) is 18.2 Å². The van der Waals surface area contributed by atoms with Crippen LogP contribution in [0.5, 0.6) is 11.5 Å². The highest BCUT2D eigenvalue weighted by molar-refractivity contribution is 5.96. The van der Waals surface area contributed by atoms with Gasteiger partial charge in [0.25, 0.3) is 5.91 Å². The van der Waals surface area contributed by atoms with E-state index in [9.17, 15) is 9.59 Å². The normalized spacial score (nSPS) is 10.4. The van der Waals surface area contributed by atoms with Crippen molar-refractivity contribution in [2.45, 2.75) is 6.42 Å². The third-order valence-corrected chi connectivity index (χ3v) is 3.96. The standard InChI is InChI=1S/C19H19N3O4/c1-25-14-7-12(8-15(10-14)26-2)19(24)22-21-18(23)9-13-11-20-17-6-4-3-5-16(13)17/h3-8,10-11,20H,9H2,1-2H3,(H,21,23)(H,22,24). The monoisotopic (exact) mass is 353 g/mol. The fraction of sp³-hybridized carbons (Fsp3) is 0.158. The Labute approximate surface area is 150 Å². The molecule has 3 aromatic rings. The molecule has 7 nitrogen and oxygen atoms in total. The number of H-pyrrole nitrogens is 1. The first-order valence-corrected chi connectivity index (χ1v) is 7.98.